The van der Waals surface area contributed by atoms with Crippen molar-refractivity contribution in [1.29, 1.82) is 0 Å². The van der Waals surface area contributed by atoms with Gasteiger partial charge >= 0.3 is 0 Å². The molecule has 1 fully saturated rings. The molecule has 0 radical (unpaired) electrons. The first-order valence-electron chi connectivity index (χ1n) is 7.65. The topological polar surface area (TPSA) is 72.2 Å². The Kier molecular flexibility index (Phi) is 5.07. The van der Waals surface area contributed by atoms with Crippen LogP contribution in [0, 0.1) is 18.8 Å². The number of nitrogens with two attached hydrogens (primary N) is 1. The van der Waals surface area contributed by atoms with Crippen LogP contribution in [0.3, 0.4) is 0 Å². The summed E-state index contributed by atoms with van der Waals surface area (Å²) in [5.74, 6) is 1.24. The van der Waals surface area contributed by atoms with E-state index in [0.717, 1.165) is 30.4 Å². The van der Waals surface area contributed by atoms with Crippen LogP contribution < -0.4 is 10.5 Å². The smallest absolute Gasteiger partial charge is 0.240 e. The van der Waals surface area contributed by atoms with Gasteiger partial charge in [0.25, 0.3) is 0 Å². The Hall–Kier alpha value is -0.910. The van der Waals surface area contributed by atoms with Gasteiger partial charge in [0, 0.05) is 12.6 Å². The molecule has 3 atom stereocenters. The lowest BCUT2D eigenvalue weighted by molar-refractivity contribution is 0.242. The molecule has 4 nitrogen and oxygen atoms in total. The number of sulfonamides is 1. The van der Waals surface area contributed by atoms with E-state index < -0.39 is 10.0 Å². The molecular formula is C16H26N2O2S. The maximum absolute atomic E-state index is 12.5. The zero-order chi connectivity index (χ0) is 15.6. The Bertz CT molecular complexity index is 598. The van der Waals surface area contributed by atoms with E-state index in [1.165, 1.54) is 0 Å². The van der Waals surface area contributed by atoms with Gasteiger partial charge in [0.1, 0.15) is 0 Å². The van der Waals surface area contributed by atoms with E-state index >= 15 is 0 Å². The third kappa shape index (κ3) is 3.84. The van der Waals surface area contributed by atoms with Crippen molar-refractivity contribution in [2.24, 2.45) is 17.6 Å². The number of hydrogen-bond donors (Lipinski definition) is 2. The summed E-state index contributed by atoms with van der Waals surface area (Å²) in [7, 11) is -3.44. The summed E-state index contributed by atoms with van der Waals surface area (Å²) in [6.45, 7) is 6.76. The van der Waals surface area contributed by atoms with E-state index in [0.29, 0.717) is 23.3 Å². The van der Waals surface area contributed by atoms with Crippen LogP contribution in [0.1, 0.15) is 44.2 Å². The Morgan fingerprint density at radius 2 is 1.95 bits per heavy atom. The van der Waals surface area contributed by atoms with Gasteiger partial charge in [0.15, 0.2) is 0 Å². The van der Waals surface area contributed by atoms with Crippen LogP contribution >= 0.6 is 0 Å². The summed E-state index contributed by atoms with van der Waals surface area (Å²) < 4.78 is 27.9. The Morgan fingerprint density at radius 3 is 2.52 bits per heavy atom. The predicted octanol–water partition coefficient (Wildman–Crippen LogP) is 2.56. The van der Waals surface area contributed by atoms with Crippen LogP contribution in [0.25, 0.3) is 0 Å². The van der Waals surface area contributed by atoms with Crippen LogP contribution in [-0.2, 0) is 16.6 Å². The van der Waals surface area contributed by atoms with E-state index in [1.54, 1.807) is 18.2 Å². The van der Waals surface area contributed by atoms with Crippen LogP contribution in [0.2, 0.25) is 0 Å². The maximum atomic E-state index is 12.5. The molecule has 0 aromatic heterocycles. The van der Waals surface area contributed by atoms with Crippen molar-refractivity contribution >= 4 is 10.0 Å². The number of benzene rings is 1. The van der Waals surface area contributed by atoms with Crippen molar-refractivity contribution < 1.29 is 8.42 Å². The van der Waals surface area contributed by atoms with Crippen molar-refractivity contribution in [3.05, 3.63) is 29.3 Å². The molecule has 0 spiro atoms. The van der Waals surface area contributed by atoms with E-state index in [2.05, 4.69) is 18.6 Å². The minimum absolute atomic E-state index is 0.0516. The molecule has 0 saturated heterocycles. The van der Waals surface area contributed by atoms with E-state index in [1.807, 2.05) is 6.92 Å². The van der Waals surface area contributed by atoms with Gasteiger partial charge in [-0.15, -0.1) is 0 Å². The molecule has 1 aliphatic rings. The SMILES string of the molecule is Cc1cc(S(=O)(=O)NC2CCC(C)C(C)C2)ccc1CN. The second-order valence-corrected chi connectivity index (χ2v) is 8.09. The summed E-state index contributed by atoms with van der Waals surface area (Å²) in [5.41, 5.74) is 7.53. The van der Waals surface area contributed by atoms with Gasteiger partial charge in [0.2, 0.25) is 10.0 Å². The minimum atomic E-state index is -3.44. The highest BCUT2D eigenvalue weighted by molar-refractivity contribution is 7.89. The molecular weight excluding hydrogens is 284 g/mol. The fourth-order valence-electron chi connectivity index (χ4n) is 3.01. The fourth-order valence-corrected chi connectivity index (χ4v) is 4.37. The summed E-state index contributed by atoms with van der Waals surface area (Å²) >= 11 is 0. The summed E-state index contributed by atoms with van der Waals surface area (Å²) in [5, 5.41) is 0. The van der Waals surface area contributed by atoms with Crippen LogP contribution in [0.4, 0.5) is 0 Å². The first-order chi connectivity index (χ1) is 9.83. The zero-order valence-corrected chi connectivity index (χ0v) is 13.9. The van der Waals surface area contributed by atoms with Gasteiger partial charge in [-0.25, -0.2) is 13.1 Å². The molecule has 3 unspecified atom stereocenters. The molecule has 1 saturated carbocycles. The molecule has 5 heteroatoms. The van der Waals surface area contributed by atoms with Crippen molar-refractivity contribution in [3.8, 4) is 0 Å². The minimum Gasteiger partial charge on any atom is -0.326 e. The van der Waals surface area contributed by atoms with Gasteiger partial charge in [-0.2, -0.15) is 0 Å². The molecule has 3 N–H and O–H groups in total. The van der Waals surface area contributed by atoms with Crippen molar-refractivity contribution in [1.82, 2.24) is 4.72 Å². The Balaban J connectivity index is 2.13. The molecule has 2 rings (SSSR count). The van der Waals surface area contributed by atoms with Gasteiger partial charge < -0.3 is 5.73 Å². The second kappa shape index (κ2) is 6.46. The molecule has 1 aromatic carbocycles. The van der Waals surface area contributed by atoms with E-state index in [-0.39, 0.29) is 6.04 Å². The lowest BCUT2D eigenvalue weighted by Gasteiger charge is -2.32. The van der Waals surface area contributed by atoms with Crippen molar-refractivity contribution in [3.63, 3.8) is 0 Å². The summed E-state index contributed by atoms with van der Waals surface area (Å²) in [4.78, 5) is 0.337. The monoisotopic (exact) mass is 310 g/mol. The van der Waals surface area contributed by atoms with Gasteiger partial charge in [-0.3, -0.25) is 0 Å². The van der Waals surface area contributed by atoms with Gasteiger partial charge in [0.05, 0.1) is 4.90 Å². The number of rotatable bonds is 4. The third-order valence-electron chi connectivity index (χ3n) is 4.76. The quantitative estimate of drug-likeness (QED) is 0.897. The summed E-state index contributed by atoms with van der Waals surface area (Å²) in [6.07, 6.45) is 2.92. The molecule has 118 valence electrons. The van der Waals surface area contributed by atoms with Crippen LogP contribution in [0.15, 0.2) is 23.1 Å². The Labute approximate surface area is 128 Å². The number of nitrogens with one attached hydrogen (secondary N) is 1. The first kappa shape index (κ1) is 16.5. The normalized spacial score (nSPS) is 26.8. The highest BCUT2D eigenvalue weighted by Gasteiger charge is 2.28. The molecule has 0 aliphatic heterocycles. The molecule has 1 aliphatic carbocycles. The number of aryl methyl sites for hydroxylation is 1. The van der Waals surface area contributed by atoms with Gasteiger partial charge in [-0.05, 0) is 61.3 Å². The van der Waals surface area contributed by atoms with Crippen LogP contribution in [0.5, 0.6) is 0 Å². The predicted molar refractivity (Wildman–Crippen MR) is 85.4 cm³/mol. The largest absolute Gasteiger partial charge is 0.326 e. The van der Waals surface area contributed by atoms with Gasteiger partial charge in [-0.1, -0.05) is 19.9 Å². The zero-order valence-electron chi connectivity index (χ0n) is 13.1. The average molecular weight is 310 g/mol. The van der Waals surface area contributed by atoms with Crippen molar-refractivity contribution in [2.75, 3.05) is 0 Å². The molecule has 0 amide bonds. The maximum Gasteiger partial charge on any atom is 0.240 e. The molecule has 0 bridgehead atoms. The molecule has 0 heterocycles. The Morgan fingerprint density at radius 1 is 1.24 bits per heavy atom. The lowest BCUT2D eigenvalue weighted by Crippen LogP contribution is -2.39. The lowest BCUT2D eigenvalue weighted by atomic mass is 9.79. The summed E-state index contributed by atoms with van der Waals surface area (Å²) in [6, 6.07) is 5.21. The van der Waals surface area contributed by atoms with Crippen molar-refractivity contribution in [2.45, 2.75) is 57.5 Å². The standard InChI is InChI=1S/C16H26N2O2S/c1-11-4-6-15(8-12(11)2)18-21(19,20)16-7-5-14(10-17)13(3)9-16/h5,7,9,11-12,15,18H,4,6,8,10,17H2,1-3H3. The van der Waals surface area contributed by atoms with Crippen LogP contribution in [-0.4, -0.2) is 14.5 Å². The second-order valence-electron chi connectivity index (χ2n) is 6.38. The highest BCUT2D eigenvalue weighted by atomic mass is 32.2. The highest BCUT2D eigenvalue weighted by Crippen LogP contribution is 2.30. The number of hydrogen-bond acceptors (Lipinski definition) is 3. The molecule has 1 aromatic rings. The average Bonchev–Trinajstić information content (AvgIpc) is 2.42. The van der Waals surface area contributed by atoms with E-state index in [4.69, 9.17) is 5.73 Å². The van der Waals surface area contributed by atoms with E-state index in [9.17, 15) is 8.42 Å². The molecule has 21 heavy (non-hydrogen) atoms. The first-order valence-corrected chi connectivity index (χ1v) is 9.13. The fraction of sp³-hybridized carbons (Fsp3) is 0.625. The third-order valence-corrected chi connectivity index (χ3v) is 6.28.